The van der Waals surface area contributed by atoms with Gasteiger partial charge >= 0.3 is 5.97 Å². The van der Waals surface area contributed by atoms with Crippen LogP contribution in [0.15, 0.2) is 0 Å². The molecule has 2 heterocycles. The monoisotopic (exact) mass is 594 g/mol. The number of carbonyl (C=O) groups is 1. The first kappa shape index (κ1) is 31.2. The topological polar surface area (TPSA) is 146 Å². The Morgan fingerprint density at radius 3 is 2.33 bits per heavy atom. The van der Waals surface area contributed by atoms with E-state index in [1.165, 1.54) is 25.7 Å². The summed E-state index contributed by atoms with van der Waals surface area (Å²) in [4.78, 5) is 12.6. The van der Waals surface area contributed by atoms with Crippen molar-refractivity contribution < 1.29 is 44.5 Å². The number of rotatable bonds is 6. The van der Waals surface area contributed by atoms with Crippen LogP contribution in [0, 0.1) is 52.3 Å². The van der Waals surface area contributed by atoms with Gasteiger partial charge in [0.1, 0.15) is 24.4 Å². The summed E-state index contributed by atoms with van der Waals surface area (Å²) in [6.07, 6.45) is 2.98. The highest BCUT2D eigenvalue weighted by molar-refractivity contribution is 5.75. The Morgan fingerprint density at radius 1 is 0.905 bits per heavy atom. The minimum Gasteiger partial charge on any atom is -0.460 e. The second-order valence-corrected chi connectivity index (χ2v) is 15.7. The molecule has 5 N–H and O–H groups in total. The molecule has 6 fully saturated rings. The number of ether oxygens (including phenoxy) is 3. The summed E-state index contributed by atoms with van der Waals surface area (Å²) in [6.45, 7) is 9.69. The Bertz CT molecular complexity index is 998. The van der Waals surface area contributed by atoms with Crippen molar-refractivity contribution >= 4 is 5.97 Å². The van der Waals surface area contributed by atoms with Crippen molar-refractivity contribution in [3.8, 4) is 0 Å². The van der Waals surface area contributed by atoms with Crippen LogP contribution in [0.1, 0.15) is 91.9 Å². The number of aliphatic hydroxyl groups excluding tert-OH is 5. The van der Waals surface area contributed by atoms with E-state index in [-0.39, 0.29) is 22.7 Å². The second-order valence-electron chi connectivity index (χ2n) is 15.7. The third-order valence-corrected chi connectivity index (χ3v) is 13.7. The number of hydrogen-bond acceptors (Lipinski definition) is 9. The zero-order valence-electron chi connectivity index (χ0n) is 25.9. The van der Waals surface area contributed by atoms with Crippen molar-refractivity contribution in [3.63, 3.8) is 0 Å². The van der Waals surface area contributed by atoms with Crippen LogP contribution >= 0.6 is 0 Å². The lowest BCUT2D eigenvalue weighted by Crippen LogP contribution is -2.55. The molecule has 0 bridgehead atoms. The molecule has 1 spiro atoms. The molecule has 2 aliphatic heterocycles. The van der Waals surface area contributed by atoms with E-state index < -0.39 is 37.0 Å². The standard InChI is InChI=1S/C33H54O9/c1-17-7-12-33(40-16-17)18(2)26-25(42-33)14-23-21-6-5-19-13-20(8-10-31(19,3)22(21)9-11-32(23,26)4)41-30(39)29(38)28(37)27(36)24(35)15-34/h17-29,34-38H,5-16H2,1-4H3/t17-,18+,19?,20+,21?,22?,23?,24-,25?,26?,27-,28+,29-,31+,32+,33-/m1/s1. The molecule has 9 nitrogen and oxygen atoms in total. The predicted octanol–water partition coefficient (Wildman–Crippen LogP) is 2.78. The number of aliphatic hydroxyl groups is 5. The smallest absolute Gasteiger partial charge is 0.338 e. The van der Waals surface area contributed by atoms with Gasteiger partial charge in [-0.15, -0.1) is 0 Å². The highest BCUT2D eigenvalue weighted by atomic mass is 16.7. The van der Waals surface area contributed by atoms with Crippen LogP contribution in [0.4, 0.5) is 0 Å². The van der Waals surface area contributed by atoms with Gasteiger partial charge in [0.05, 0.1) is 19.3 Å². The van der Waals surface area contributed by atoms with Crippen LogP contribution in [0.2, 0.25) is 0 Å². The van der Waals surface area contributed by atoms with Gasteiger partial charge in [-0.3, -0.25) is 0 Å². The fourth-order valence-electron chi connectivity index (χ4n) is 11.2. The van der Waals surface area contributed by atoms with Crippen LogP contribution < -0.4 is 0 Å². The first-order chi connectivity index (χ1) is 19.8. The average Bonchev–Trinajstić information content (AvgIpc) is 3.42. The van der Waals surface area contributed by atoms with Gasteiger partial charge in [-0.1, -0.05) is 27.7 Å². The molecule has 0 aromatic rings. The van der Waals surface area contributed by atoms with Crippen molar-refractivity contribution in [2.24, 2.45) is 52.3 Å². The number of carbonyl (C=O) groups excluding carboxylic acids is 1. The highest BCUT2D eigenvalue weighted by Crippen LogP contribution is 2.71. The zero-order chi connectivity index (χ0) is 30.2. The molecule has 6 unspecified atom stereocenters. The molecule has 9 heteroatoms. The van der Waals surface area contributed by atoms with Gasteiger partial charge in [-0.05, 0) is 104 Å². The summed E-state index contributed by atoms with van der Waals surface area (Å²) < 4.78 is 19.0. The highest BCUT2D eigenvalue weighted by Gasteiger charge is 2.69. The minimum atomic E-state index is -1.99. The van der Waals surface area contributed by atoms with E-state index in [1.54, 1.807) is 0 Å². The largest absolute Gasteiger partial charge is 0.460 e. The molecule has 4 saturated carbocycles. The lowest BCUT2D eigenvalue weighted by atomic mass is 9.44. The summed E-state index contributed by atoms with van der Waals surface area (Å²) >= 11 is 0. The Labute approximate surface area is 250 Å². The molecular formula is C33H54O9. The van der Waals surface area contributed by atoms with Crippen LogP contribution in [-0.4, -0.2) is 87.1 Å². The SMILES string of the molecule is C[C@@H]1CC[C@@]2(OC1)OC1CC3C4CCC5C[C@@H](OC(=O)[C@H](O)[C@@H](O)[C@H](O)[C@H](O)CO)CC[C@]5(C)C4CC[C@]3(C)C1[C@@H]2C. The number of hydrogen-bond donors (Lipinski definition) is 5. The van der Waals surface area contributed by atoms with Crippen LogP contribution in [0.25, 0.3) is 0 Å². The molecule has 240 valence electrons. The van der Waals surface area contributed by atoms with Gasteiger partial charge in [-0.25, -0.2) is 4.79 Å². The average molecular weight is 595 g/mol. The Morgan fingerprint density at radius 2 is 1.64 bits per heavy atom. The fourth-order valence-corrected chi connectivity index (χ4v) is 11.2. The van der Waals surface area contributed by atoms with Gasteiger partial charge in [0.2, 0.25) is 0 Å². The van der Waals surface area contributed by atoms with Crippen LogP contribution in [-0.2, 0) is 19.0 Å². The van der Waals surface area contributed by atoms with Crippen molar-refractivity contribution in [1.29, 1.82) is 0 Å². The number of esters is 1. The second kappa shape index (κ2) is 11.2. The van der Waals surface area contributed by atoms with Crippen molar-refractivity contribution in [2.45, 2.75) is 134 Å². The summed E-state index contributed by atoms with van der Waals surface area (Å²) in [5.41, 5.74) is 0.461. The first-order valence-corrected chi connectivity index (χ1v) is 16.7. The Hall–Kier alpha value is -0.810. The summed E-state index contributed by atoms with van der Waals surface area (Å²) in [6, 6.07) is 0. The van der Waals surface area contributed by atoms with Crippen molar-refractivity contribution in [2.75, 3.05) is 13.2 Å². The molecule has 0 amide bonds. The lowest BCUT2D eigenvalue weighted by molar-refractivity contribution is -0.273. The Kier molecular flexibility index (Phi) is 8.33. The summed E-state index contributed by atoms with van der Waals surface area (Å²) in [5.74, 6) is 2.62. The lowest BCUT2D eigenvalue weighted by Gasteiger charge is -2.61. The normalized spacial score (nSPS) is 51.0. The maximum Gasteiger partial charge on any atom is 0.338 e. The molecule has 4 aliphatic carbocycles. The van der Waals surface area contributed by atoms with E-state index in [4.69, 9.17) is 19.3 Å². The molecular weight excluding hydrogens is 540 g/mol. The van der Waals surface area contributed by atoms with Gasteiger partial charge in [0.25, 0.3) is 0 Å². The Balaban J connectivity index is 1.09. The van der Waals surface area contributed by atoms with Gasteiger partial charge in [0.15, 0.2) is 11.9 Å². The fraction of sp³-hybridized carbons (Fsp3) is 0.970. The molecule has 2 saturated heterocycles. The van der Waals surface area contributed by atoms with E-state index in [2.05, 4.69) is 27.7 Å². The summed E-state index contributed by atoms with van der Waals surface area (Å²) in [7, 11) is 0. The van der Waals surface area contributed by atoms with Crippen molar-refractivity contribution in [1.82, 2.24) is 0 Å². The van der Waals surface area contributed by atoms with E-state index in [0.717, 1.165) is 38.7 Å². The van der Waals surface area contributed by atoms with E-state index in [0.29, 0.717) is 54.0 Å². The molecule has 0 aromatic heterocycles. The maximum atomic E-state index is 12.6. The van der Waals surface area contributed by atoms with Crippen LogP contribution in [0.3, 0.4) is 0 Å². The predicted molar refractivity (Wildman–Crippen MR) is 153 cm³/mol. The van der Waals surface area contributed by atoms with Crippen molar-refractivity contribution in [3.05, 3.63) is 0 Å². The summed E-state index contributed by atoms with van der Waals surface area (Å²) in [5, 5.41) is 48.8. The minimum absolute atomic E-state index is 0.181. The van der Waals surface area contributed by atoms with Gasteiger partial charge in [-0.2, -0.15) is 0 Å². The molecule has 0 aromatic carbocycles. The van der Waals surface area contributed by atoms with E-state index in [9.17, 15) is 25.2 Å². The first-order valence-electron chi connectivity index (χ1n) is 16.7. The van der Waals surface area contributed by atoms with Gasteiger partial charge < -0.3 is 39.7 Å². The third kappa shape index (κ3) is 4.79. The molecule has 6 aliphatic rings. The quantitative estimate of drug-likeness (QED) is 0.293. The molecule has 0 radical (unpaired) electrons. The maximum absolute atomic E-state index is 12.6. The van der Waals surface area contributed by atoms with Gasteiger partial charge in [0, 0.05) is 12.3 Å². The molecule has 6 rings (SSSR count). The number of fused-ring (bicyclic) bond motifs is 7. The zero-order valence-corrected chi connectivity index (χ0v) is 25.9. The van der Waals surface area contributed by atoms with E-state index >= 15 is 0 Å². The molecule has 16 atom stereocenters. The van der Waals surface area contributed by atoms with E-state index in [1.807, 2.05) is 0 Å². The third-order valence-electron chi connectivity index (χ3n) is 13.7. The van der Waals surface area contributed by atoms with Crippen LogP contribution in [0.5, 0.6) is 0 Å². The molecule has 42 heavy (non-hydrogen) atoms.